The number of nitrogens with one attached hydrogen (secondary N) is 1. The van der Waals surface area contributed by atoms with Gasteiger partial charge in [-0.25, -0.2) is 0 Å². The highest BCUT2D eigenvalue weighted by Gasteiger charge is 2.14. The normalized spacial score (nSPS) is 16.2. The van der Waals surface area contributed by atoms with Crippen LogP contribution in [0.2, 0.25) is 0 Å². The maximum atomic E-state index is 3.61. The summed E-state index contributed by atoms with van der Waals surface area (Å²) >= 11 is 0. The molecule has 2 aromatic rings. The zero-order valence-electron chi connectivity index (χ0n) is 10.9. The van der Waals surface area contributed by atoms with Crippen molar-refractivity contribution in [3.8, 4) is 0 Å². The summed E-state index contributed by atoms with van der Waals surface area (Å²) in [6.45, 7) is 1.11. The molecule has 0 aliphatic heterocycles. The summed E-state index contributed by atoms with van der Waals surface area (Å²) in [4.78, 5) is 0. The summed E-state index contributed by atoms with van der Waals surface area (Å²) in [6, 6.07) is 15.1. The molecule has 1 heteroatoms. The van der Waals surface area contributed by atoms with Gasteiger partial charge in [0.25, 0.3) is 0 Å². The van der Waals surface area contributed by atoms with Gasteiger partial charge >= 0.3 is 0 Å². The lowest BCUT2D eigenvalue weighted by Crippen LogP contribution is -2.06. The largest absolute Gasteiger partial charge is 0.385 e. The van der Waals surface area contributed by atoms with Crippen LogP contribution in [0.25, 0.3) is 10.8 Å². The fourth-order valence-corrected chi connectivity index (χ4v) is 3.09. The van der Waals surface area contributed by atoms with Gasteiger partial charge in [0, 0.05) is 17.6 Å². The van der Waals surface area contributed by atoms with Gasteiger partial charge in [-0.1, -0.05) is 62.1 Å². The Bertz CT molecular complexity index is 507. The van der Waals surface area contributed by atoms with Crippen LogP contribution in [0, 0.1) is 5.92 Å². The molecule has 94 valence electrons. The molecule has 0 radical (unpaired) electrons. The number of fused-ring (bicyclic) bond motifs is 1. The topological polar surface area (TPSA) is 12.0 Å². The Morgan fingerprint density at radius 2 is 1.72 bits per heavy atom. The Balaban J connectivity index is 1.66. The van der Waals surface area contributed by atoms with Crippen LogP contribution in [0.4, 0.5) is 5.69 Å². The number of rotatable bonds is 4. The highest BCUT2D eigenvalue weighted by Crippen LogP contribution is 2.28. The van der Waals surface area contributed by atoms with Gasteiger partial charge in [-0.15, -0.1) is 0 Å². The van der Waals surface area contributed by atoms with E-state index < -0.39 is 0 Å². The van der Waals surface area contributed by atoms with Crippen LogP contribution < -0.4 is 5.32 Å². The lowest BCUT2D eigenvalue weighted by molar-refractivity contribution is 0.519. The van der Waals surface area contributed by atoms with Crippen LogP contribution in [-0.4, -0.2) is 6.54 Å². The summed E-state index contributed by atoms with van der Waals surface area (Å²) in [6.07, 6.45) is 7.09. The first-order valence-corrected chi connectivity index (χ1v) is 7.15. The Morgan fingerprint density at radius 3 is 2.61 bits per heavy atom. The highest BCUT2D eigenvalue weighted by molar-refractivity contribution is 5.93. The van der Waals surface area contributed by atoms with Gasteiger partial charge < -0.3 is 5.32 Å². The molecule has 1 aliphatic rings. The monoisotopic (exact) mass is 239 g/mol. The number of anilines is 1. The Labute approximate surface area is 109 Å². The van der Waals surface area contributed by atoms with E-state index in [1.54, 1.807) is 0 Å². The van der Waals surface area contributed by atoms with Crippen LogP contribution in [0.15, 0.2) is 42.5 Å². The maximum absolute atomic E-state index is 3.61. The van der Waals surface area contributed by atoms with E-state index >= 15 is 0 Å². The van der Waals surface area contributed by atoms with Gasteiger partial charge in [0.05, 0.1) is 0 Å². The molecular weight excluding hydrogens is 218 g/mol. The molecule has 1 fully saturated rings. The molecule has 1 nitrogen and oxygen atoms in total. The average molecular weight is 239 g/mol. The predicted octanol–water partition coefficient (Wildman–Crippen LogP) is 4.83. The molecule has 0 aromatic heterocycles. The minimum atomic E-state index is 0.965. The standard InChI is InChI=1S/C17H21N/c1-2-7-14(6-1)12-13-18-17-11-5-9-15-8-3-4-10-16(15)17/h3-5,8-11,14,18H,1-2,6-7,12-13H2. The summed E-state index contributed by atoms with van der Waals surface area (Å²) in [5, 5.41) is 6.28. The third kappa shape index (κ3) is 2.50. The third-order valence-electron chi connectivity index (χ3n) is 4.13. The SMILES string of the molecule is c1ccc2c(NCCC3CCCC3)cccc2c1. The summed E-state index contributed by atoms with van der Waals surface area (Å²) in [7, 11) is 0. The second kappa shape index (κ2) is 5.43. The highest BCUT2D eigenvalue weighted by atomic mass is 14.9. The van der Waals surface area contributed by atoms with Crippen molar-refractivity contribution in [2.24, 2.45) is 5.92 Å². The summed E-state index contributed by atoms with van der Waals surface area (Å²) in [5.74, 6) is 0.965. The zero-order chi connectivity index (χ0) is 12.2. The molecule has 0 spiro atoms. The third-order valence-corrected chi connectivity index (χ3v) is 4.13. The van der Waals surface area contributed by atoms with Crippen molar-refractivity contribution in [1.29, 1.82) is 0 Å². The van der Waals surface area contributed by atoms with Crippen LogP contribution in [-0.2, 0) is 0 Å². The van der Waals surface area contributed by atoms with Crippen LogP contribution >= 0.6 is 0 Å². The van der Waals surface area contributed by atoms with E-state index in [0.29, 0.717) is 0 Å². The fraction of sp³-hybridized carbons (Fsp3) is 0.412. The average Bonchev–Trinajstić information content (AvgIpc) is 2.92. The molecule has 1 aliphatic carbocycles. The second-order valence-corrected chi connectivity index (χ2v) is 5.39. The zero-order valence-corrected chi connectivity index (χ0v) is 10.9. The van der Waals surface area contributed by atoms with E-state index in [1.165, 1.54) is 48.6 Å². The van der Waals surface area contributed by atoms with Gasteiger partial charge in [0.15, 0.2) is 0 Å². The summed E-state index contributed by atoms with van der Waals surface area (Å²) < 4.78 is 0. The van der Waals surface area contributed by atoms with E-state index in [9.17, 15) is 0 Å². The molecule has 1 N–H and O–H groups in total. The van der Waals surface area contributed by atoms with Gasteiger partial charge in [0.1, 0.15) is 0 Å². The predicted molar refractivity (Wildman–Crippen MR) is 79.0 cm³/mol. The van der Waals surface area contributed by atoms with E-state index in [-0.39, 0.29) is 0 Å². The van der Waals surface area contributed by atoms with Gasteiger partial charge in [-0.2, -0.15) is 0 Å². The van der Waals surface area contributed by atoms with Crippen molar-refractivity contribution in [1.82, 2.24) is 0 Å². The van der Waals surface area contributed by atoms with E-state index in [4.69, 9.17) is 0 Å². The molecule has 0 amide bonds. The quantitative estimate of drug-likeness (QED) is 0.805. The van der Waals surface area contributed by atoms with Crippen molar-refractivity contribution in [3.05, 3.63) is 42.5 Å². The van der Waals surface area contributed by atoms with Gasteiger partial charge in [-0.05, 0) is 23.8 Å². The van der Waals surface area contributed by atoms with Crippen LogP contribution in [0.5, 0.6) is 0 Å². The van der Waals surface area contributed by atoms with Crippen LogP contribution in [0.1, 0.15) is 32.1 Å². The van der Waals surface area contributed by atoms with Crippen molar-refractivity contribution in [3.63, 3.8) is 0 Å². The second-order valence-electron chi connectivity index (χ2n) is 5.39. The maximum Gasteiger partial charge on any atom is 0.0419 e. The number of benzene rings is 2. The van der Waals surface area contributed by atoms with Crippen molar-refractivity contribution in [2.45, 2.75) is 32.1 Å². The van der Waals surface area contributed by atoms with Crippen LogP contribution in [0.3, 0.4) is 0 Å². The molecule has 2 aromatic carbocycles. The van der Waals surface area contributed by atoms with Gasteiger partial charge in [-0.3, -0.25) is 0 Å². The molecule has 0 atom stereocenters. The van der Waals surface area contributed by atoms with E-state index in [1.807, 2.05) is 0 Å². The smallest absolute Gasteiger partial charge is 0.0419 e. The van der Waals surface area contributed by atoms with Gasteiger partial charge in [0.2, 0.25) is 0 Å². The first-order valence-electron chi connectivity index (χ1n) is 7.15. The Hall–Kier alpha value is -1.50. The molecule has 1 saturated carbocycles. The molecule has 3 rings (SSSR count). The minimum absolute atomic E-state index is 0.965. The Morgan fingerprint density at radius 1 is 0.944 bits per heavy atom. The lowest BCUT2D eigenvalue weighted by Gasteiger charge is -2.12. The molecule has 18 heavy (non-hydrogen) atoms. The molecule has 0 bridgehead atoms. The molecule has 0 unspecified atom stereocenters. The van der Waals surface area contributed by atoms with E-state index in [2.05, 4.69) is 47.8 Å². The minimum Gasteiger partial charge on any atom is -0.385 e. The number of hydrogen-bond donors (Lipinski definition) is 1. The summed E-state index contributed by atoms with van der Waals surface area (Å²) in [5.41, 5.74) is 1.28. The van der Waals surface area contributed by atoms with Crippen molar-refractivity contribution < 1.29 is 0 Å². The Kier molecular flexibility index (Phi) is 3.49. The number of hydrogen-bond acceptors (Lipinski definition) is 1. The molecular formula is C17H21N. The van der Waals surface area contributed by atoms with Crippen molar-refractivity contribution >= 4 is 16.5 Å². The van der Waals surface area contributed by atoms with E-state index in [0.717, 1.165) is 12.5 Å². The fourth-order valence-electron chi connectivity index (χ4n) is 3.09. The molecule has 0 heterocycles. The first kappa shape index (κ1) is 11.6. The van der Waals surface area contributed by atoms with Crippen molar-refractivity contribution in [2.75, 3.05) is 11.9 Å². The lowest BCUT2D eigenvalue weighted by atomic mass is 10.0. The first-order chi connectivity index (χ1) is 8.93. The molecule has 0 saturated heterocycles.